The molecule has 130 valence electrons. The lowest BCUT2D eigenvalue weighted by Crippen LogP contribution is -2.44. The summed E-state index contributed by atoms with van der Waals surface area (Å²) in [5, 5.41) is 7.95. The second kappa shape index (κ2) is 4.64. The molecule has 2 heterocycles. The minimum atomic E-state index is -4.37. The first-order valence-corrected chi connectivity index (χ1v) is 8.88. The van der Waals surface area contributed by atoms with E-state index in [1.54, 1.807) is 0 Å². The van der Waals surface area contributed by atoms with Gasteiger partial charge in [0.15, 0.2) is 0 Å². The van der Waals surface area contributed by atoms with Crippen molar-refractivity contribution >= 4 is 15.4 Å². The quantitative estimate of drug-likeness (QED) is 0.885. The first kappa shape index (κ1) is 16.2. The van der Waals surface area contributed by atoms with Crippen LogP contribution in [0.15, 0.2) is 42.1 Å². The number of nitrogens with zero attached hydrogens (tertiary/aromatic N) is 1. The number of benzene rings is 1. The second-order valence-corrected chi connectivity index (χ2v) is 8.53. The zero-order valence-electron chi connectivity index (χ0n) is 13.1. The molecule has 0 fully saturated rings. The molecule has 2 unspecified atom stereocenters. The molecule has 0 radical (unpaired) electrons. The van der Waals surface area contributed by atoms with Crippen LogP contribution in [0.2, 0.25) is 0 Å². The minimum absolute atomic E-state index is 0.0515. The number of alkyl halides is 1. The number of halogens is 2. The Labute approximate surface area is 142 Å². The Morgan fingerprint density at radius 3 is 2.76 bits per heavy atom. The van der Waals surface area contributed by atoms with Crippen molar-refractivity contribution in [1.29, 1.82) is 0 Å². The third kappa shape index (κ3) is 1.83. The molecule has 2 aromatic rings. The summed E-state index contributed by atoms with van der Waals surface area (Å²) in [4.78, 5) is 3.39. The van der Waals surface area contributed by atoms with Gasteiger partial charge in [-0.15, -0.1) is 0 Å². The minimum Gasteiger partial charge on any atom is -0.455 e. The van der Waals surface area contributed by atoms with E-state index in [1.807, 2.05) is 0 Å². The number of rotatable bonds is 2. The number of hydrogen-bond donors (Lipinski definition) is 1. The fraction of sp³-hybridized carbons (Fsp3) is 0.235. The van der Waals surface area contributed by atoms with Gasteiger partial charge in [-0.05, 0) is 24.6 Å². The number of ether oxygens (including phenoxy) is 1. The first-order valence-electron chi connectivity index (χ1n) is 7.39. The molecule has 0 spiro atoms. The largest absolute Gasteiger partial charge is 0.455 e. The fourth-order valence-electron chi connectivity index (χ4n) is 3.51. The van der Waals surface area contributed by atoms with Gasteiger partial charge in [-0.2, -0.15) is 0 Å². The summed E-state index contributed by atoms with van der Waals surface area (Å²) in [5.41, 5.74) is -1.70. The Bertz CT molecular complexity index is 1050. The van der Waals surface area contributed by atoms with Crippen molar-refractivity contribution in [2.45, 2.75) is 28.8 Å². The van der Waals surface area contributed by atoms with Crippen molar-refractivity contribution in [1.82, 2.24) is 4.98 Å². The molecule has 1 aliphatic heterocycles. The maximum atomic E-state index is 15.1. The van der Waals surface area contributed by atoms with E-state index < -0.39 is 26.3 Å². The van der Waals surface area contributed by atoms with E-state index in [1.165, 1.54) is 18.3 Å². The molecule has 0 bridgehead atoms. The Balaban J connectivity index is 1.95. The smallest absolute Gasteiger partial charge is 0.245 e. The summed E-state index contributed by atoms with van der Waals surface area (Å²) in [6.07, 6.45) is 2.01. The molecule has 4 rings (SSSR count). The van der Waals surface area contributed by atoms with Gasteiger partial charge in [0.05, 0.1) is 17.3 Å². The van der Waals surface area contributed by atoms with Crippen molar-refractivity contribution in [2.75, 3.05) is 0 Å². The highest BCUT2D eigenvalue weighted by atomic mass is 32.2. The van der Waals surface area contributed by atoms with Crippen LogP contribution < -0.4 is 4.74 Å². The lowest BCUT2D eigenvalue weighted by molar-refractivity contribution is -0.0426. The van der Waals surface area contributed by atoms with E-state index in [4.69, 9.17) is 4.74 Å². The van der Waals surface area contributed by atoms with Crippen LogP contribution in [0.4, 0.5) is 8.78 Å². The van der Waals surface area contributed by atoms with Gasteiger partial charge in [0.2, 0.25) is 14.8 Å². The maximum absolute atomic E-state index is 15.1. The van der Waals surface area contributed by atoms with Gasteiger partial charge in [-0.3, -0.25) is 4.98 Å². The van der Waals surface area contributed by atoms with E-state index in [0.717, 1.165) is 19.2 Å². The van der Waals surface area contributed by atoms with E-state index in [0.29, 0.717) is 5.57 Å². The van der Waals surface area contributed by atoms with Gasteiger partial charge in [0, 0.05) is 23.6 Å². The van der Waals surface area contributed by atoms with Gasteiger partial charge >= 0.3 is 0 Å². The molecule has 8 heteroatoms. The number of aromatic nitrogens is 1. The number of hydrogen-bond acceptors (Lipinski definition) is 5. The average Bonchev–Trinajstić information content (AvgIpc) is 2.85. The van der Waals surface area contributed by atoms with Crippen molar-refractivity contribution in [3.05, 3.63) is 54.1 Å². The van der Waals surface area contributed by atoms with Crippen LogP contribution in [-0.4, -0.2) is 23.5 Å². The summed E-state index contributed by atoms with van der Waals surface area (Å²) in [6.45, 7) is 4.66. The molecule has 0 amide bonds. The molecule has 2 aliphatic rings. The predicted octanol–water partition coefficient (Wildman–Crippen LogP) is 3.09. The Kier molecular flexibility index (Phi) is 3.00. The third-order valence-electron chi connectivity index (χ3n) is 4.81. The number of sulfone groups is 1. The zero-order valence-corrected chi connectivity index (χ0v) is 13.9. The van der Waals surface area contributed by atoms with E-state index in [-0.39, 0.29) is 33.9 Å². The van der Waals surface area contributed by atoms with Gasteiger partial charge < -0.3 is 9.84 Å². The lowest BCUT2D eigenvalue weighted by Gasteiger charge is -2.28. The molecule has 5 nitrogen and oxygen atoms in total. The van der Waals surface area contributed by atoms with Crippen LogP contribution in [0.25, 0.3) is 5.57 Å². The van der Waals surface area contributed by atoms with Gasteiger partial charge in [-0.25, -0.2) is 17.2 Å². The Morgan fingerprint density at radius 2 is 2.08 bits per heavy atom. The van der Waals surface area contributed by atoms with Gasteiger partial charge in [0.25, 0.3) is 0 Å². The van der Waals surface area contributed by atoms with Crippen LogP contribution >= 0.6 is 0 Å². The maximum Gasteiger partial charge on any atom is 0.245 e. The van der Waals surface area contributed by atoms with Crippen LogP contribution in [0.5, 0.6) is 11.5 Å². The van der Waals surface area contributed by atoms with Gasteiger partial charge in [0.1, 0.15) is 22.9 Å². The van der Waals surface area contributed by atoms with E-state index in [9.17, 15) is 17.9 Å². The summed E-state index contributed by atoms with van der Waals surface area (Å²) in [7, 11) is -4.37. The Hall–Kier alpha value is -2.32. The second-order valence-electron chi connectivity index (χ2n) is 6.31. The molecule has 0 saturated carbocycles. The molecule has 1 aliphatic carbocycles. The van der Waals surface area contributed by atoms with E-state index >= 15 is 4.39 Å². The fourth-order valence-corrected chi connectivity index (χ4v) is 5.32. The van der Waals surface area contributed by atoms with Crippen LogP contribution in [0, 0.1) is 5.82 Å². The SMILES string of the molecule is C=C1CC2(O)c3c(ccc(Oc4cncc(F)c4)c31)S(=O)(=O)C2(C)F. The molecular weight excluding hydrogens is 352 g/mol. The summed E-state index contributed by atoms with van der Waals surface area (Å²) < 4.78 is 58.9. The highest BCUT2D eigenvalue weighted by Gasteiger charge is 2.69. The van der Waals surface area contributed by atoms with Crippen LogP contribution in [0.3, 0.4) is 0 Å². The molecule has 25 heavy (non-hydrogen) atoms. The highest BCUT2D eigenvalue weighted by Crippen LogP contribution is 2.62. The zero-order chi connectivity index (χ0) is 18.2. The molecule has 0 saturated heterocycles. The monoisotopic (exact) mass is 365 g/mol. The van der Waals surface area contributed by atoms with Crippen molar-refractivity contribution in [3.8, 4) is 11.5 Å². The summed E-state index contributed by atoms with van der Waals surface area (Å²) >= 11 is 0. The molecular formula is C17H13F2NO4S. The summed E-state index contributed by atoms with van der Waals surface area (Å²) in [5.74, 6) is -0.368. The van der Waals surface area contributed by atoms with Gasteiger partial charge in [-0.1, -0.05) is 6.58 Å². The number of aliphatic hydroxyl groups is 1. The predicted molar refractivity (Wildman–Crippen MR) is 85.0 cm³/mol. The highest BCUT2D eigenvalue weighted by molar-refractivity contribution is 7.93. The number of pyridine rings is 1. The lowest BCUT2D eigenvalue weighted by atomic mass is 9.91. The van der Waals surface area contributed by atoms with Crippen molar-refractivity contribution in [2.24, 2.45) is 0 Å². The third-order valence-corrected chi connectivity index (χ3v) is 7.07. The Morgan fingerprint density at radius 1 is 1.36 bits per heavy atom. The average molecular weight is 365 g/mol. The standard InChI is InChI=1S/C17H13F2NO4S/c1-9-6-17(21)15-13(25(22,23)16(17,2)19)4-3-12(14(9)15)24-11-5-10(18)7-20-8-11/h3-5,7-8,21H,1,6H2,2H3. The van der Waals surface area contributed by atoms with Crippen LogP contribution in [0.1, 0.15) is 24.5 Å². The molecule has 2 atom stereocenters. The van der Waals surface area contributed by atoms with E-state index in [2.05, 4.69) is 11.6 Å². The normalized spacial score (nSPS) is 28.9. The molecule has 1 aromatic heterocycles. The van der Waals surface area contributed by atoms with Crippen LogP contribution in [-0.2, 0) is 15.4 Å². The van der Waals surface area contributed by atoms with Crippen molar-refractivity contribution < 1.29 is 27.0 Å². The topological polar surface area (TPSA) is 76.5 Å². The summed E-state index contributed by atoms with van der Waals surface area (Å²) in [6, 6.07) is 3.63. The molecule has 1 aromatic carbocycles. The molecule has 1 N–H and O–H groups in total. The van der Waals surface area contributed by atoms with Crippen molar-refractivity contribution in [3.63, 3.8) is 0 Å². The first-order chi connectivity index (χ1) is 11.6.